The highest BCUT2D eigenvalue weighted by atomic mass is 19.1. The van der Waals surface area contributed by atoms with Crippen LogP contribution in [0.25, 0.3) is 0 Å². The average Bonchev–Trinajstić information content (AvgIpc) is 2.81. The lowest BCUT2D eigenvalue weighted by molar-refractivity contribution is 0.116. The van der Waals surface area contributed by atoms with Crippen LogP contribution in [0.2, 0.25) is 0 Å². The summed E-state index contributed by atoms with van der Waals surface area (Å²) in [6.07, 6.45) is 1.49. The zero-order valence-electron chi connectivity index (χ0n) is 8.94. The lowest BCUT2D eigenvalue weighted by atomic mass is 10.1. The molecule has 1 unspecified atom stereocenters. The molecule has 0 radical (unpaired) electrons. The van der Waals surface area contributed by atoms with Crippen LogP contribution in [0.15, 0.2) is 30.0 Å². The summed E-state index contributed by atoms with van der Waals surface area (Å²) in [6.45, 7) is 0.546. The van der Waals surface area contributed by atoms with E-state index in [4.69, 9.17) is 9.47 Å². The summed E-state index contributed by atoms with van der Waals surface area (Å²) in [7, 11) is 1.47. The second-order valence-electron chi connectivity index (χ2n) is 3.53. The minimum absolute atomic E-state index is 0.203. The largest absolute Gasteiger partial charge is 0.497 e. The summed E-state index contributed by atoms with van der Waals surface area (Å²) in [5.41, 5.74) is 0.203. The maximum Gasteiger partial charge on any atom is 0.138 e. The van der Waals surface area contributed by atoms with Crippen molar-refractivity contribution in [1.82, 2.24) is 0 Å². The van der Waals surface area contributed by atoms with E-state index < -0.39 is 11.9 Å². The van der Waals surface area contributed by atoms with Gasteiger partial charge < -0.3 is 14.6 Å². The Morgan fingerprint density at radius 3 is 2.88 bits per heavy atom. The van der Waals surface area contributed by atoms with Gasteiger partial charge in [-0.1, -0.05) is 0 Å². The molecule has 0 amide bonds. The van der Waals surface area contributed by atoms with Crippen molar-refractivity contribution in [3.8, 4) is 5.75 Å². The van der Waals surface area contributed by atoms with E-state index in [0.717, 1.165) is 6.42 Å². The van der Waals surface area contributed by atoms with E-state index in [2.05, 4.69) is 0 Å². The molecule has 86 valence electrons. The molecule has 0 aromatic heterocycles. The maximum absolute atomic E-state index is 13.6. The van der Waals surface area contributed by atoms with Crippen LogP contribution in [0, 0.1) is 5.82 Å². The van der Waals surface area contributed by atoms with Crippen molar-refractivity contribution in [3.05, 3.63) is 41.4 Å². The predicted octanol–water partition coefficient (Wildman–Crippen LogP) is 2.17. The molecule has 0 bridgehead atoms. The number of methoxy groups -OCH3 is 1. The van der Waals surface area contributed by atoms with E-state index >= 15 is 0 Å². The minimum Gasteiger partial charge on any atom is -0.497 e. The number of aliphatic hydroxyl groups excluding tert-OH is 1. The summed E-state index contributed by atoms with van der Waals surface area (Å²) in [6, 6.07) is 4.35. The van der Waals surface area contributed by atoms with Gasteiger partial charge in [0.15, 0.2) is 0 Å². The number of hydrogen-bond acceptors (Lipinski definition) is 3. The Kier molecular flexibility index (Phi) is 3.10. The van der Waals surface area contributed by atoms with E-state index in [1.54, 1.807) is 12.1 Å². The third-order valence-electron chi connectivity index (χ3n) is 2.50. The highest BCUT2D eigenvalue weighted by Crippen LogP contribution is 2.29. The second-order valence-corrected chi connectivity index (χ2v) is 3.53. The molecule has 1 N–H and O–H groups in total. The summed E-state index contributed by atoms with van der Waals surface area (Å²) < 4.78 is 23.7. The molecule has 1 atom stereocenters. The molecule has 1 heterocycles. The van der Waals surface area contributed by atoms with Crippen LogP contribution < -0.4 is 4.74 Å². The number of benzene rings is 1. The number of halogens is 1. The van der Waals surface area contributed by atoms with Gasteiger partial charge in [-0.2, -0.15) is 0 Å². The van der Waals surface area contributed by atoms with Crippen LogP contribution in [0.1, 0.15) is 18.1 Å². The van der Waals surface area contributed by atoms with Gasteiger partial charge in [-0.25, -0.2) is 4.39 Å². The first-order valence-electron chi connectivity index (χ1n) is 5.06. The smallest absolute Gasteiger partial charge is 0.138 e. The third-order valence-corrected chi connectivity index (χ3v) is 2.50. The van der Waals surface area contributed by atoms with Gasteiger partial charge in [0.2, 0.25) is 0 Å². The monoisotopic (exact) mass is 224 g/mol. The van der Waals surface area contributed by atoms with Crippen molar-refractivity contribution in [3.63, 3.8) is 0 Å². The number of aliphatic hydroxyl groups is 1. The van der Waals surface area contributed by atoms with Gasteiger partial charge in [-0.15, -0.1) is 0 Å². The number of ether oxygens (including phenoxy) is 2. The Morgan fingerprint density at radius 2 is 2.31 bits per heavy atom. The van der Waals surface area contributed by atoms with E-state index in [0.29, 0.717) is 18.1 Å². The van der Waals surface area contributed by atoms with Gasteiger partial charge in [0.1, 0.15) is 23.4 Å². The molecule has 16 heavy (non-hydrogen) atoms. The molecule has 1 aromatic carbocycles. The molecule has 0 saturated carbocycles. The topological polar surface area (TPSA) is 38.7 Å². The molecule has 2 rings (SSSR count). The molecule has 0 saturated heterocycles. The Bertz CT molecular complexity index is 415. The highest BCUT2D eigenvalue weighted by Gasteiger charge is 2.21. The van der Waals surface area contributed by atoms with Gasteiger partial charge in [0, 0.05) is 18.1 Å². The van der Waals surface area contributed by atoms with Crippen molar-refractivity contribution in [2.45, 2.75) is 12.5 Å². The summed E-state index contributed by atoms with van der Waals surface area (Å²) in [5.74, 6) is 0.349. The Labute approximate surface area is 93.1 Å². The fraction of sp³-hybridized carbons (Fsp3) is 0.333. The van der Waals surface area contributed by atoms with Crippen molar-refractivity contribution in [2.24, 2.45) is 0 Å². The van der Waals surface area contributed by atoms with Crippen LogP contribution in [0.3, 0.4) is 0 Å². The average molecular weight is 224 g/mol. The van der Waals surface area contributed by atoms with Gasteiger partial charge in [-0.3, -0.25) is 0 Å². The quantitative estimate of drug-likeness (QED) is 0.855. The first-order chi connectivity index (χ1) is 7.72. The normalized spacial score (nSPS) is 16.6. The lowest BCUT2D eigenvalue weighted by Crippen LogP contribution is -2.05. The minimum atomic E-state index is -1.03. The van der Waals surface area contributed by atoms with E-state index in [1.807, 2.05) is 0 Å². The molecule has 4 heteroatoms. The first-order valence-corrected chi connectivity index (χ1v) is 5.06. The number of hydrogen-bond donors (Lipinski definition) is 1. The Morgan fingerprint density at radius 1 is 1.50 bits per heavy atom. The lowest BCUT2D eigenvalue weighted by Gasteiger charge is -2.13. The predicted molar refractivity (Wildman–Crippen MR) is 56.6 cm³/mol. The SMILES string of the molecule is COc1ccc(C(O)C2=CCCO2)c(F)c1. The molecular weight excluding hydrogens is 211 g/mol. The molecule has 1 aromatic rings. The maximum atomic E-state index is 13.6. The van der Waals surface area contributed by atoms with Gasteiger partial charge >= 0.3 is 0 Å². The van der Waals surface area contributed by atoms with Crippen molar-refractivity contribution in [1.29, 1.82) is 0 Å². The second kappa shape index (κ2) is 4.53. The zero-order chi connectivity index (χ0) is 11.5. The summed E-state index contributed by atoms with van der Waals surface area (Å²) in [5, 5.41) is 9.89. The van der Waals surface area contributed by atoms with Crippen LogP contribution >= 0.6 is 0 Å². The van der Waals surface area contributed by atoms with Crippen molar-refractivity contribution in [2.75, 3.05) is 13.7 Å². The molecule has 0 aliphatic carbocycles. The van der Waals surface area contributed by atoms with E-state index in [1.165, 1.54) is 19.2 Å². The van der Waals surface area contributed by atoms with E-state index in [-0.39, 0.29) is 5.56 Å². The van der Waals surface area contributed by atoms with Gasteiger partial charge in [-0.05, 0) is 18.2 Å². The molecular formula is C12H13FO3. The molecule has 1 aliphatic rings. The summed E-state index contributed by atoms with van der Waals surface area (Å²) >= 11 is 0. The first kappa shape index (κ1) is 11.0. The van der Waals surface area contributed by atoms with E-state index in [9.17, 15) is 9.50 Å². The zero-order valence-corrected chi connectivity index (χ0v) is 8.94. The highest BCUT2D eigenvalue weighted by molar-refractivity contribution is 5.33. The Balaban J connectivity index is 2.26. The third kappa shape index (κ3) is 2.02. The number of rotatable bonds is 3. The standard InChI is InChI=1S/C12H13FO3/c1-15-8-4-5-9(10(13)7-8)12(14)11-3-2-6-16-11/h3-5,7,12,14H,2,6H2,1H3. The van der Waals surface area contributed by atoms with Crippen LogP contribution in [-0.2, 0) is 4.74 Å². The molecule has 1 aliphatic heterocycles. The molecule has 3 nitrogen and oxygen atoms in total. The van der Waals surface area contributed by atoms with Crippen LogP contribution in [-0.4, -0.2) is 18.8 Å². The van der Waals surface area contributed by atoms with Gasteiger partial charge in [0.05, 0.1) is 13.7 Å². The Hall–Kier alpha value is -1.55. The van der Waals surface area contributed by atoms with Gasteiger partial charge in [0.25, 0.3) is 0 Å². The summed E-state index contributed by atoms with van der Waals surface area (Å²) in [4.78, 5) is 0. The van der Waals surface area contributed by atoms with Crippen molar-refractivity contribution < 1.29 is 19.0 Å². The van der Waals surface area contributed by atoms with Crippen molar-refractivity contribution >= 4 is 0 Å². The fourth-order valence-electron chi connectivity index (χ4n) is 1.64. The fourth-order valence-corrected chi connectivity index (χ4v) is 1.64. The van der Waals surface area contributed by atoms with Crippen LogP contribution in [0.4, 0.5) is 4.39 Å². The molecule has 0 fully saturated rings. The van der Waals surface area contributed by atoms with Crippen LogP contribution in [0.5, 0.6) is 5.75 Å². The molecule has 0 spiro atoms.